The van der Waals surface area contributed by atoms with Crippen LogP contribution in [0.2, 0.25) is 0 Å². The van der Waals surface area contributed by atoms with E-state index < -0.39 is 0 Å². The van der Waals surface area contributed by atoms with Gasteiger partial charge in [-0.15, -0.1) is 0 Å². The molecule has 0 aromatic heterocycles. The van der Waals surface area contributed by atoms with Crippen LogP contribution in [0.4, 0.5) is 16.2 Å². The van der Waals surface area contributed by atoms with Gasteiger partial charge in [0.1, 0.15) is 5.75 Å². The average molecular weight is 319 g/mol. The highest BCUT2D eigenvalue weighted by molar-refractivity contribution is 5.94. The zero-order valence-corrected chi connectivity index (χ0v) is 14.2. The molecule has 1 aromatic carbocycles. The fourth-order valence-corrected chi connectivity index (χ4v) is 3.01. The molecule has 2 rings (SSSR count). The van der Waals surface area contributed by atoms with Crippen molar-refractivity contribution in [2.24, 2.45) is 5.92 Å². The molecule has 1 saturated heterocycles. The second kappa shape index (κ2) is 7.35. The molecule has 1 atom stereocenters. The van der Waals surface area contributed by atoms with Gasteiger partial charge in [-0.25, -0.2) is 4.79 Å². The lowest BCUT2D eigenvalue weighted by atomic mass is 10.0. The van der Waals surface area contributed by atoms with E-state index in [4.69, 9.17) is 4.74 Å². The van der Waals surface area contributed by atoms with Crippen molar-refractivity contribution in [3.8, 4) is 5.75 Å². The third kappa shape index (κ3) is 4.15. The van der Waals surface area contributed by atoms with Gasteiger partial charge in [-0.05, 0) is 37.0 Å². The molecule has 0 saturated carbocycles. The van der Waals surface area contributed by atoms with Crippen LogP contribution in [0.25, 0.3) is 0 Å². The van der Waals surface area contributed by atoms with Gasteiger partial charge in [0.05, 0.1) is 12.8 Å². The summed E-state index contributed by atoms with van der Waals surface area (Å²) in [7, 11) is 1.54. The van der Waals surface area contributed by atoms with Crippen molar-refractivity contribution in [3.05, 3.63) is 18.2 Å². The highest BCUT2D eigenvalue weighted by Gasteiger charge is 2.30. The topological polar surface area (TPSA) is 70.7 Å². The summed E-state index contributed by atoms with van der Waals surface area (Å²) in [5, 5.41) is 5.62. The van der Waals surface area contributed by atoms with Gasteiger partial charge >= 0.3 is 6.03 Å². The van der Waals surface area contributed by atoms with Crippen molar-refractivity contribution in [2.45, 2.75) is 39.7 Å². The summed E-state index contributed by atoms with van der Waals surface area (Å²) in [5.74, 6) is 0.805. The number of amides is 3. The second-order valence-corrected chi connectivity index (χ2v) is 6.17. The minimum absolute atomic E-state index is 0.0971. The van der Waals surface area contributed by atoms with Crippen LogP contribution in [0.1, 0.15) is 33.6 Å². The summed E-state index contributed by atoms with van der Waals surface area (Å²) in [6.45, 7) is 6.49. The van der Waals surface area contributed by atoms with E-state index in [2.05, 4.69) is 24.5 Å². The molecule has 1 aliphatic heterocycles. The Labute approximate surface area is 137 Å². The first-order valence-electron chi connectivity index (χ1n) is 7.95. The zero-order chi connectivity index (χ0) is 17.0. The number of hydrogen-bond acceptors (Lipinski definition) is 3. The zero-order valence-electron chi connectivity index (χ0n) is 14.2. The predicted molar refractivity (Wildman–Crippen MR) is 90.9 cm³/mol. The monoisotopic (exact) mass is 319 g/mol. The molecular formula is C17H25N3O3. The van der Waals surface area contributed by atoms with Gasteiger partial charge in [-0.3, -0.25) is 4.79 Å². The maximum atomic E-state index is 12.5. The SMILES string of the molecule is COc1ccc(NC(=O)N2CCCC2C(C)C)cc1NC(C)=O. The fourth-order valence-electron chi connectivity index (χ4n) is 3.01. The number of methoxy groups -OCH3 is 1. The van der Waals surface area contributed by atoms with Crippen molar-refractivity contribution >= 4 is 23.3 Å². The van der Waals surface area contributed by atoms with Gasteiger partial charge in [0.25, 0.3) is 0 Å². The Bertz CT molecular complexity index is 586. The van der Waals surface area contributed by atoms with Gasteiger partial charge in [-0.2, -0.15) is 0 Å². The number of nitrogens with zero attached hydrogens (tertiary/aromatic N) is 1. The van der Waals surface area contributed by atoms with Crippen LogP contribution in [0.3, 0.4) is 0 Å². The fraction of sp³-hybridized carbons (Fsp3) is 0.529. The Kier molecular flexibility index (Phi) is 5.47. The van der Waals surface area contributed by atoms with E-state index in [0.717, 1.165) is 19.4 Å². The summed E-state index contributed by atoms with van der Waals surface area (Å²) in [4.78, 5) is 25.7. The number of rotatable bonds is 4. The molecule has 0 aliphatic carbocycles. The molecule has 1 aliphatic rings. The van der Waals surface area contributed by atoms with Crippen LogP contribution in [-0.4, -0.2) is 36.5 Å². The van der Waals surface area contributed by atoms with E-state index in [9.17, 15) is 9.59 Å². The van der Waals surface area contributed by atoms with Gasteiger partial charge < -0.3 is 20.3 Å². The number of nitrogens with one attached hydrogen (secondary N) is 2. The van der Waals surface area contributed by atoms with Crippen molar-refractivity contribution < 1.29 is 14.3 Å². The molecule has 23 heavy (non-hydrogen) atoms. The molecule has 6 nitrogen and oxygen atoms in total. The lowest BCUT2D eigenvalue weighted by Gasteiger charge is -2.28. The number of hydrogen-bond donors (Lipinski definition) is 2. The third-order valence-corrected chi connectivity index (χ3v) is 4.09. The van der Waals surface area contributed by atoms with Crippen molar-refractivity contribution in [1.29, 1.82) is 0 Å². The first kappa shape index (κ1) is 17.1. The third-order valence-electron chi connectivity index (χ3n) is 4.09. The number of carbonyl (C=O) groups excluding carboxylic acids is 2. The lowest BCUT2D eigenvalue weighted by Crippen LogP contribution is -2.41. The lowest BCUT2D eigenvalue weighted by molar-refractivity contribution is -0.114. The summed E-state index contributed by atoms with van der Waals surface area (Å²) in [6, 6.07) is 5.38. The van der Waals surface area contributed by atoms with E-state index in [1.807, 2.05) is 4.90 Å². The molecule has 6 heteroatoms. The summed E-state index contributed by atoms with van der Waals surface area (Å²) in [5.41, 5.74) is 1.17. The van der Waals surface area contributed by atoms with Crippen LogP contribution in [-0.2, 0) is 4.79 Å². The van der Waals surface area contributed by atoms with E-state index in [1.54, 1.807) is 18.2 Å². The van der Waals surface area contributed by atoms with Crippen LogP contribution < -0.4 is 15.4 Å². The Morgan fingerprint density at radius 2 is 2.04 bits per heavy atom. The second-order valence-electron chi connectivity index (χ2n) is 6.17. The van der Waals surface area contributed by atoms with Crippen molar-refractivity contribution in [3.63, 3.8) is 0 Å². The maximum Gasteiger partial charge on any atom is 0.322 e. The average Bonchev–Trinajstić information content (AvgIpc) is 2.96. The van der Waals surface area contributed by atoms with Gasteiger partial charge in [-0.1, -0.05) is 13.8 Å². The smallest absolute Gasteiger partial charge is 0.322 e. The number of benzene rings is 1. The van der Waals surface area contributed by atoms with Gasteiger partial charge in [0, 0.05) is 25.2 Å². The molecule has 2 N–H and O–H groups in total. The van der Waals surface area contributed by atoms with Crippen LogP contribution in [0.5, 0.6) is 5.75 Å². The quantitative estimate of drug-likeness (QED) is 0.894. The molecule has 0 radical (unpaired) electrons. The number of carbonyl (C=O) groups is 2. The highest BCUT2D eigenvalue weighted by Crippen LogP contribution is 2.29. The normalized spacial score (nSPS) is 17.3. The molecule has 1 unspecified atom stereocenters. The summed E-state index contributed by atoms with van der Waals surface area (Å²) >= 11 is 0. The molecule has 1 fully saturated rings. The van der Waals surface area contributed by atoms with Crippen LogP contribution in [0, 0.1) is 5.92 Å². The van der Waals surface area contributed by atoms with Gasteiger partial charge in [0.2, 0.25) is 5.91 Å². The van der Waals surface area contributed by atoms with Crippen LogP contribution in [0.15, 0.2) is 18.2 Å². The Balaban J connectivity index is 2.13. The van der Waals surface area contributed by atoms with Crippen molar-refractivity contribution in [2.75, 3.05) is 24.3 Å². The van der Waals surface area contributed by atoms with Crippen molar-refractivity contribution in [1.82, 2.24) is 4.90 Å². The molecule has 1 aromatic rings. The maximum absolute atomic E-state index is 12.5. The predicted octanol–water partition coefficient (Wildman–Crippen LogP) is 3.31. The first-order valence-corrected chi connectivity index (χ1v) is 7.95. The molecule has 3 amide bonds. The minimum atomic E-state index is -0.189. The van der Waals surface area contributed by atoms with Crippen LogP contribution >= 0.6 is 0 Å². The van der Waals surface area contributed by atoms with E-state index in [-0.39, 0.29) is 18.0 Å². The minimum Gasteiger partial charge on any atom is -0.495 e. The molecular weight excluding hydrogens is 294 g/mol. The number of ether oxygens (including phenoxy) is 1. The highest BCUT2D eigenvalue weighted by atomic mass is 16.5. The molecule has 1 heterocycles. The largest absolute Gasteiger partial charge is 0.495 e. The Hall–Kier alpha value is -2.24. The number of anilines is 2. The molecule has 0 spiro atoms. The van der Waals surface area contributed by atoms with E-state index in [0.29, 0.717) is 23.0 Å². The summed E-state index contributed by atoms with van der Waals surface area (Å²) < 4.78 is 5.22. The Morgan fingerprint density at radius 3 is 2.65 bits per heavy atom. The van der Waals surface area contributed by atoms with Gasteiger partial charge in [0.15, 0.2) is 0 Å². The summed E-state index contributed by atoms with van der Waals surface area (Å²) in [6.07, 6.45) is 2.08. The first-order chi connectivity index (χ1) is 10.9. The number of likely N-dealkylation sites (tertiary alicyclic amines) is 1. The molecule has 0 bridgehead atoms. The Morgan fingerprint density at radius 1 is 1.30 bits per heavy atom. The van der Waals surface area contributed by atoms with E-state index >= 15 is 0 Å². The standard InChI is InChI=1S/C17H25N3O3/c1-11(2)15-6-5-9-20(15)17(22)19-13-7-8-16(23-4)14(10-13)18-12(3)21/h7-8,10-11,15H,5-6,9H2,1-4H3,(H,18,21)(H,19,22). The van der Waals surface area contributed by atoms with E-state index in [1.165, 1.54) is 14.0 Å². The molecule has 126 valence electrons. The number of urea groups is 1.